The maximum absolute atomic E-state index is 12.1. The van der Waals surface area contributed by atoms with Crippen molar-refractivity contribution in [1.82, 2.24) is 5.32 Å². The van der Waals surface area contributed by atoms with Gasteiger partial charge in [0, 0.05) is 25.0 Å². The first-order valence-electron chi connectivity index (χ1n) is 7.62. The second-order valence-electron chi connectivity index (χ2n) is 5.19. The first-order chi connectivity index (χ1) is 11.1. The predicted molar refractivity (Wildman–Crippen MR) is 99.5 cm³/mol. The lowest BCUT2D eigenvalue weighted by molar-refractivity contribution is 0.251. The van der Waals surface area contributed by atoms with Gasteiger partial charge in [-0.3, -0.25) is 0 Å². The summed E-state index contributed by atoms with van der Waals surface area (Å²) in [5.41, 5.74) is 2.90. The molecule has 5 heteroatoms. The molecule has 0 aliphatic rings. The Morgan fingerprint density at radius 2 is 1.83 bits per heavy atom. The molecule has 0 heterocycles. The molecule has 0 aromatic heterocycles. The maximum Gasteiger partial charge on any atom is 0.319 e. The second-order valence-corrected chi connectivity index (χ2v) is 6.07. The molecule has 0 aliphatic heterocycles. The van der Waals surface area contributed by atoms with Crippen LogP contribution in [0, 0.1) is 0 Å². The van der Waals surface area contributed by atoms with Gasteiger partial charge in [0.1, 0.15) is 0 Å². The molecule has 0 atom stereocenters. The molecule has 2 aromatic rings. The Balaban J connectivity index is 1.94. The summed E-state index contributed by atoms with van der Waals surface area (Å²) in [7, 11) is 2.01. The van der Waals surface area contributed by atoms with Crippen LogP contribution in [0.25, 0.3) is 0 Å². The predicted octanol–water partition coefficient (Wildman–Crippen LogP) is 4.19. The van der Waals surface area contributed by atoms with Crippen LogP contribution >= 0.6 is 11.8 Å². The molecule has 2 N–H and O–H groups in total. The highest BCUT2D eigenvalue weighted by Gasteiger charge is 2.08. The van der Waals surface area contributed by atoms with Gasteiger partial charge in [-0.1, -0.05) is 24.3 Å². The molecule has 2 aromatic carbocycles. The number of para-hydroxylation sites is 2. The number of rotatable bonds is 6. The number of hydrogen-bond acceptors (Lipinski definition) is 3. The minimum absolute atomic E-state index is 0.198. The van der Waals surface area contributed by atoms with Crippen molar-refractivity contribution in [3.63, 3.8) is 0 Å². The van der Waals surface area contributed by atoms with Gasteiger partial charge >= 0.3 is 6.03 Å². The number of carbonyl (C=O) groups excluding carboxylic acids is 1. The average Bonchev–Trinajstić information content (AvgIpc) is 2.60. The van der Waals surface area contributed by atoms with E-state index in [-0.39, 0.29) is 6.03 Å². The van der Waals surface area contributed by atoms with Crippen LogP contribution in [-0.2, 0) is 6.54 Å². The van der Waals surface area contributed by atoms with Crippen LogP contribution in [0.3, 0.4) is 0 Å². The van der Waals surface area contributed by atoms with Crippen LogP contribution in [0.2, 0.25) is 0 Å². The van der Waals surface area contributed by atoms with Crippen LogP contribution in [0.1, 0.15) is 12.5 Å². The van der Waals surface area contributed by atoms with Crippen LogP contribution in [-0.4, -0.2) is 25.9 Å². The van der Waals surface area contributed by atoms with Crippen molar-refractivity contribution < 1.29 is 4.79 Å². The Hall–Kier alpha value is -2.14. The Morgan fingerprint density at radius 1 is 1.13 bits per heavy atom. The Labute approximate surface area is 142 Å². The molecule has 0 spiro atoms. The lowest BCUT2D eigenvalue weighted by Gasteiger charge is -2.21. The summed E-state index contributed by atoms with van der Waals surface area (Å²) in [6, 6.07) is 15.8. The van der Waals surface area contributed by atoms with Crippen molar-refractivity contribution in [3.8, 4) is 0 Å². The first-order valence-corrected chi connectivity index (χ1v) is 8.84. The lowest BCUT2D eigenvalue weighted by Crippen LogP contribution is -2.29. The molecule has 23 heavy (non-hydrogen) atoms. The smallest absolute Gasteiger partial charge is 0.319 e. The quantitative estimate of drug-likeness (QED) is 0.781. The van der Waals surface area contributed by atoms with E-state index in [1.54, 1.807) is 11.8 Å². The highest BCUT2D eigenvalue weighted by atomic mass is 32.2. The van der Waals surface area contributed by atoms with Crippen LogP contribution in [0.5, 0.6) is 0 Å². The minimum atomic E-state index is -0.198. The summed E-state index contributed by atoms with van der Waals surface area (Å²) >= 11 is 1.71. The third-order valence-corrected chi connectivity index (χ3v) is 4.39. The number of benzene rings is 2. The van der Waals surface area contributed by atoms with Gasteiger partial charge in [0.25, 0.3) is 0 Å². The molecule has 0 saturated heterocycles. The number of thioether (sulfide) groups is 1. The molecule has 4 nitrogen and oxygen atoms in total. The summed E-state index contributed by atoms with van der Waals surface area (Å²) in [6.07, 6.45) is 2.05. The van der Waals surface area contributed by atoms with Crippen molar-refractivity contribution >= 4 is 29.2 Å². The molecule has 0 radical (unpaired) electrons. The average molecular weight is 329 g/mol. The number of amides is 2. The van der Waals surface area contributed by atoms with Gasteiger partial charge in [-0.15, -0.1) is 11.8 Å². The number of nitrogens with zero attached hydrogens (tertiary/aromatic N) is 1. The van der Waals surface area contributed by atoms with Crippen LogP contribution in [0.4, 0.5) is 16.2 Å². The number of anilines is 2. The van der Waals surface area contributed by atoms with Crippen LogP contribution in [0.15, 0.2) is 53.4 Å². The summed E-state index contributed by atoms with van der Waals surface area (Å²) < 4.78 is 0. The Bertz CT molecular complexity index is 643. The molecular weight excluding hydrogens is 306 g/mol. The highest BCUT2D eigenvalue weighted by molar-refractivity contribution is 7.98. The van der Waals surface area contributed by atoms with E-state index in [2.05, 4.69) is 34.6 Å². The van der Waals surface area contributed by atoms with Crippen molar-refractivity contribution in [1.29, 1.82) is 0 Å². The monoisotopic (exact) mass is 329 g/mol. The third-order valence-electron chi connectivity index (χ3n) is 3.65. The number of nitrogens with one attached hydrogen (secondary N) is 2. The van der Waals surface area contributed by atoms with E-state index in [0.29, 0.717) is 6.54 Å². The van der Waals surface area contributed by atoms with E-state index in [4.69, 9.17) is 0 Å². The van der Waals surface area contributed by atoms with E-state index in [9.17, 15) is 4.79 Å². The standard InChI is InChI=1S/C18H23N3OS/c1-4-21(2)17-8-6-5-7-16(17)20-18(22)19-13-14-9-11-15(23-3)12-10-14/h5-12H,4,13H2,1-3H3,(H2,19,20,22). The topological polar surface area (TPSA) is 44.4 Å². The van der Waals surface area contributed by atoms with Crippen molar-refractivity contribution in [2.45, 2.75) is 18.4 Å². The van der Waals surface area contributed by atoms with Gasteiger partial charge < -0.3 is 15.5 Å². The summed E-state index contributed by atoms with van der Waals surface area (Å²) in [5, 5.41) is 5.82. The first kappa shape index (κ1) is 17.2. The van der Waals surface area contributed by atoms with Gasteiger partial charge in [0.2, 0.25) is 0 Å². The molecule has 0 aliphatic carbocycles. The fourth-order valence-electron chi connectivity index (χ4n) is 2.17. The minimum Gasteiger partial charge on any atom is -0.373 e. The SMILES string of the molecule is CCN(C)c1ccccc1NC(=O)NCc1ccc(SC)cc1. The number of urea groups is 1. The van der Waals surface area contributed by atoms with Gasteiger partial charge in [0.05, 0.1) is 11.4 Å². The van der Waals surface area contributed by atoms with E-state index >= 15 is 0 Å². The molecule has 122 valence electrons. The normalized spacial score (nSPS) is 10.2. The molecule has 0 unspecified atom stereocenters. The van der Waals surface area contributed by atoms with Crippen molar-refractivity contribution in [2.75, 3.05) is 30.1 Å². The zero-order chi connectivity index (χ0) is 16.7. The maximum atomic E-state index is 12.1. The highest BCUT2D eigenvalue weighted by Crippen LogP contribution is 2.24. The molecular formula is C18H23N3OS. The number of carbonyl (C=O) groups is 1. The van der Waals surface area contributed by atoms with E-state index in [1.165, 1.54) is 4.90 Å². The fraction of sp³-hybridized carbons (Fsp3) is 0.278. The largest absolute Gasteiger partial charge is 0.373 e. The molecule has 2 amide bonds. The van der Waals surface area contributed by atoms with E-state index in [1.807, 2.05) is 49.7 Å². The van der Waals surface area contributed by atoms with E-state index < -0.39 is 0 Å². The molecule has 0 fully saturated rings. The zero-order valence-electron chi connectivity index (χ0n) is 13.8. The van der Waals surface area contributed by atoms with Crippen molar-refractivity contribution in [2.24, 2.45) is 0 Å². The third kappa shape index (κ3) is 4.93. The van der Waals surface area contributed by atoms with E-state index in [0.717, 1.165) is 23.5 Å². The van der Waals surface area contributed by atoms with Crippen LogP contribution < -0.4 is 15.5 Å². The van der Waals surface area contributed by atoms with Gasteiger partial charge in [-0.05, 0) is 43.0 Å². The van der Waals surface area contributed by atoms with Gasteiger partial charge in [-0.2, -0.15) is 0 Å². The lowest BCUT2D eigenvalue weighted by atomic mass is 10.2. The van der Waals surface area contributed by atoms with Gasteiger partial charge in [-0.25, -0.2) is 4.79 Å². The second kappa shape index (κ2) is 8.48. The molecule has 0 saturated carbocycles. The summed E-state index contributed by atoms with van der Waals surface area (Å²) in [5.74, 6) is 0. The van der Waals surface area contributed by atoms with Gasteiger partial charge in [0.15, 0.2) is 0 Å². The summed E-state index contributed by atoms with van der Waals surface area (Å²) in [4.78, 5) is 15.4. The molecule has 0 bridgehead atoms. The number of hydrogen-bond donors (Lipinski definition) is 2. The Kier molecular flexibility index (Phi) is 6.35. The fourth-order valence-corrected chi connectivity index (χ4v) is 2.58. The zero-order valence-corrected chi connectivity index (χ0v) is 14.6. The summed E-state index contributed by atoms with van der Waals surface area (Å²) in [6.45, 7) is 3.46. The van der Waals surface area contributed by atoms with Crippen molar-refractivity contribution in [3.05, 3.63) is 54.1 Å². The Morgan fingerprint density at radius 3 is 2.48 bits per heavy atom. The molecule has 2 rings (SSSR count).